The first kappa shape index (κ1) is 14.2. The van der Waals surface area contributed by atoms with Crippen molar-refractivity contribution in [2.24, 2.45) is 0 Å². The maximum Gasteiger partial charge on any atom is 0.103 e. The van der Waals surface area contributed by atoms with Crippen molar-refractivity contribution in [3.8, 4) is 0 Å². The predicted octanol–water partition coefficient (Wildman–Crippen LogP) is 2.38. The third-order valence-corrected chi connectivity index (χ3v) is 2.71. The topological polar surface area (TPSA) is 38.7 Å². The summed E-state index contributed by atoms with van der Waals surface area (Å²) in [5, 5.41) is 9.87. The number of benzene rings is 1. The zero-order valence-electron chi connectivity index (χ0n) is 10.6. The number of aliphatic hydroxyl groups is 1. The van der Waals surface area contributed by atoms with Gasteiger partial charge in [0.2, 0.25) is 0 Å². The minimum Gasteiger partial charge on any atom is -0.388 e. The molecule has 0 radical (unpaired) electrons. The second-order valence-electron chi connectivity index (χ2n) is 4.13. The van der Waals surface area contributed by atoms with E-state index < -0.39 is 6.10 Å². The summed E-state index contributed by atoms with van der Waals surface area (Å²) in [6.45, 7) is 2.91. The first-order chi connectivity index (χ1) is 8.27. The summed E-state index contributed by atoms with van der Waals surface area (Å²) in [7, 11) is 1.63. The van der Waals surface area contributed by atoms with Gasteiger partial charge in [-0.2, -0.15) is 0 Å². The van der Waals surface area contributed by atoms with Crippen molar-refractivity contribution in [3.63, 3.8) is 0 Å². The molecule has 96 valence electrons. The number of hydrogen-bond acceptors (Lipinski definition) is 3. The molecule has 1 aromatic rings. The molecule has 3 heteroatoms. The molecular formula is C14H22O3. The van der Waals surface area contributed by atoms with Gasteiger partial charge in [0.25, 0.3) is 0 Å². The van der Waals surface area contributed by atoms with E-state index in [-0.39, 0.29) is 6.10 Å². The molecule has 0 heterocycles. The predicted molar refractivity (Wildman–Crippen MR) is 67.8 cm³/mol. The van der Waals surface area contributed by atoms with Gasteiger partial charge in [0.15, 0.2) is 0 Å². The first-order valence-electron chi connectivity index (χ1n) is 6.10. The van der Waals surface area contributed by atoms with Gasteiger partial charge in [-0.05, 0) is 12.0 Å². The molecule has 0 fully saturated rings. The second-order valence-corrected chi connectivity index (χ2v) is 4.13. The van der Waals surface area contributed by atoms with Crippen LogP contribution in [0.25, 0.3) is 0 Å². The van der Waals surface area contributed by atoms with E-state index in [9.17, 15) is 5.11 Å². The van der Waals surface area contributed by atoms with Gasteiger partial charge in [-0.25, -0.2) is 0 Å². The quantitative estimate of drug-likeness (QED) is 0.755. The second kappa shape index (κ2) is 8.23. The van der Waals surface area contributed by atoms with E-state index in [2.05, 4.69) is 6.92 Å². The molecule has 0 amide bonds. The van der Waals surface area contributed by atoms with Crippen LogP contribution in [-0.4, -0.2) is 31.0 Å². The third-order valence-electron chi connectivity index (χ3n) is 2.71. The Morgan fingerprint density at radius 1 is 1.24 bits per heavy atom. The van der Waals surface area contributed by atoms with E-state index >= 15 is 0 Å². The van der Waals surface area contributed by atoms with E-state index in [4.69, 9.17) is 9.47 Å². The van der Waals surface area contributed by atoms with Crippen LogP contribution in [0.3, 0.4) is 0 Å². The smallest absolute Gasteiger partial charge is 0.103 e. The average Bonchev–Trinajstić information content (AvgIpc) is 2.37. The minimum absolute atomic E-state index is 0.129. The lowest BCUT2D eigenvalue weighted by Crippen LogP contribution is -2.32. The maximum absolute atomic E-state index is 9.87. The van der Waals surface area contributed by atoms with Crippen molar-refractivity contribution < 1.29 is 14.6 Å². The fourth-order valence-electron chi connectivity index (χ4n) is 1.73. The number of methoxy groups -OCH3 is 1. The first-order valence-corrected chi connectivity index (χ1v) is 6.10. The molecule has 3 nitrogen and oxygen atoms in total. The van der Waals surface area contributed by atoms with Crippen molar-refractivity contribution in [1.82, 2.24) is 0 Å². The van der Waals surface area contributed by atoms with Gasteiger partial charge < -0.3 is 14.6 Å². The largest absolute Gasteiger partial charge is 0.388 e. The lowest BCUT2D eigenvalue weighted by molar-refractivity contribution is -0.0620. The highest BCUT2D eigenvalue weighted by molar-refractivity contribution is 5.13. The summed E-state index contributed by atoms with van der Waals surface area (Å²) in [6.07, 6.45) is 1.17. The van der Waals surface area contributed by atoms with Crippen LogP contribution in [0.4, 0.5) is 0 Å². The number of hydrogen-bond donors (Lipinski definition) is 1. The summed E-state index contributed by atoms with van der Waals surface area (Å²) in [5.41, 5.74) is 1.11. The van der Waals surface area contributed by atoms with Gasteiger partial charge in [0.1, 0.15) is 6.10 Å². The van der Waals surface area contributed by atoms with Gasteiger partial charge in [-0.1, -0.05) is 43.7 Å². The standard InChI is InChI=1S/C14H22O3/c1-3-7-14(16-2)13(15)11-17-10-12-8-5-4-6-9-12/h4-6,8-9,13-15H,3,7,10-11H2,1-2H3/t13-,14-/m1/s1. The molecule has 0 spiro atoms. The summed E-state index contributed by atoms with van der Waals surface area (Å²) in [6, 6.07) is 9.94. The minimum atomic E-state index is -0.552. The van der Waals surface area contributed by atoms with Gasteiger partial charge in [0.05, 0.1) is 19.3 Å². The Hall–Kier alpha value is -0.900. The Morgan fingerprint density at radius 3 is 2.53 bits per heavy atom. The summed E-state index contributed by atoms with van der Waals surface area (Å²) in [5.74, 6) is 0. The molecule has 0 saturated heterocycles. The molecule has 1 rings (SSSR count). The van der Waals surface area contributed by atoms with Crippen LogP contribution >= 0.6 is 0 Å². The number of ether oxygens (including phenoxy) is 2. The lowest BCUT2D eigenvalue weighted by atomic mass is 10.1. The Morgan fingerprint density at radius 2 is 1.94 bits per heavy atom. The SMILES string of the molecule is CCC[C@@H](OC)[C@H](O)COCc1ccccc1. The van der Waals surface area contributed by atoms with Crippen LogP contribution in [0.1, 0.15) is 25.3 Å². The van der Waals surface area contributed by atoms with E-state index in [1.54, 1.807) is 7.11 Å². The molecule has 1 aromatic carbocycles. The zero-order valence-corrected chi connectivity index (χ0v) is 10.6. The maximum atomic E-state index is 9.87. The average molecular weight is 238 g/mol. The van der Waals surface area contributed by atoms with Crippen LogP contribution < -0.4 is 0 Å². The summed E-state index contributed by atoms with van der Waals surface area (Å²) in [4.78, 5) is 0. The Kier molecular flexibility index (Phi) is 6.86. The molecule has 17 heavy (non-hydrogen) atoms. The molecule has 2 atom stereocenters. The van der Waals surface area contributed by atoms with Crippen LogP contribution in [-0.2, 0) is 16.1 Å². The van der Waals surface area contributed by atoms with Crippen molar-refractivity contribution in [2.45, 2.75) is 38.6 Å². The third kappa shape index (κ3) is 5.31. The molecule has 0 saturated carbocycles. The summed E-state index contributed by atoms with van der Waals surface area (Å²) < 4.78 is 10.7. The molecule has 1 N–H and O–H groups in total. The van der Waals surface area contributed by atoms with Crippen LogP contribution in [0, 0.1) is 0 Å². The zero-order chi connectivity index (χ0) is 12.5. The fourth-order valence-corrected chi connectivity index (χ4v) is 1.73. The Labute approximate surface area is 103 Å². The Bertz CT molecular complexity index is 287. The highest BCUT2D eigenvalue weighted by Crippen LogP contribution is 2.08. The van der Waals surface area contributed by atoms with Crippen LogP contribution in [0.2, 0.25) is 0 Å². The molecule has 0 bridgehead atoms. The Balaban J connectivity index is 2.25. The van der Waals surface area contributed by atoms with E-state index in [0.717, 1.165) is 18.4 Å². The van der Waals surface area contributed by atoms with Crippen molar-refractivity contribution in [2.75, 3.05) is 13.7 Å². The van der Waals surface area contributed by atoms with Crippen LogP contribution in [0.15, 0.2) is 30.3 Å². The van der Waals surface area contributed by atoms with Gasteiger partial charge in [-0.15, -0.1) is 0 Å². The number of rotatable bonds is 8. The van der Waals surface area contributed by atoms with Gasteiger partial charge in [0, 0.05) is 7.11 Å². The van der Waals surface area contributed by atoms with Gasteiger partial charge >= 0.3 is 0 Å². The normalized spacial score (nSPS) is 14.5. The highest BCUT2D eigenvalue weighted by Gasteiger charge is 2.17. The number of aliphatic hydroxyl groups excluding tert-OH is 1. The van der Waals surface area contributed by atoms with E-state index in [0.29, 0.717) is 13.2 Å². The van der Waals surface area contributed by atoms with Crippen LogP contribution in [0.5, 0.6) is 0 Å². The van der Waals surface area contributed by atoms with Crippen molar-refractivity contribution >= 4 is 0 Å². The highest BCUT2D eigenvalue weighted by atomic mass is 16.5. The molecule has 0 aliphatic heterocycles. The van der Waals surface area contributed by atoms with Gasteiger partial charge in [-0.3, -0.25) is 0 Å². The fraction of sp³-hybridized carbons (Fsp3) is 0.571. The monoisotopic (exact) mass is 238 g/mol. The summed E-state index contributed by atoms with van der Waals surface area (Å²) >= 11 is 0. The van der Waals surface area contributed by atoms with E-state index in [1.807, 2.05) is 30.3 Å². The van der Waals surface area contributed by atoms with E-state index in [1.165, 1.54) is 0 Å². The van der Waals surface area contributed by atoms with Crippen molar-refractivity contribution in [3.05, 3.63) is 35.9 Å². The molecule has 0 aromatic heterocycles. The van der Waals surface area contributed by atoms with Crippen molar-refractivity contribution in [1.29, 1.82) is 0 Å². The molecule has 0 aliphatic carbocycles. The molecular weight excluding hydrogens is 216 g/mol. The lowest BCUT2D eigenvalue weighted by Gasteiger charge is -2.20. The molecule has 0 aliphatic rings. The molecule has 0 unspecified atom stereocenters.